The fraction of sp³-hybridized carbons (Fsp3) is 0.348. The number of rotatable bonds is 5. The zero-order chi connectivity index (χ0) is 21.3. The molecule has 0 saturated carbocycles. The predicted octanol–water partition coefficient (Wildman–Crippen LogP) is 3.09. The highest BCUT2D eigenvalue weighted by molar-refractivity contribution is 5.81. The molecule has 0 spiro atoms. The van der Waals surface area contributed by atoms with Gasteiger partial charge in [-0.15, -0.1) is 0 Å². The van der Waals surface area contributed by atoms with Crippen LogP contribution in [0.15, 0.2) is 47.5 Å². The van der Waals surface area contributed by atoms with Gasteiger partial charge in [0.15, 0.2) is 0 Å². The van der Waals surface area contributed by atoms with Gasteiger partial charge in [-0.25, -0.2) is 4.98 Å². The molecule has 1 aliphatic rings. The molecule has 1 aromatic heterocycles. The van der Waals surface area contributed by atoms with Gasteiger partial charge in [0.1, 0.15) is 18.0 Å². The lowest BCUT2D eigenvalue weighted by Gasteiger charge is -2.27. The maximum absolute atomic E-state index is 13.2. The summed E-state index contributed by atoms with van der Waals surface area (Å²) < 4.78 is 12.3. The first-order valence-electron chi connectivity index (χ1n) is 9.99. The van der Waals surface area contributed by atoms with Gasteiger partial charge in [0.05, 0.1) is 37.5 Å². The first-order chi connectivity index (χ1) is 14.5. The smallest absolute Gasteiger partial charge is 0.261 e. The number of methoxy groups -OCH3 is 2. The average molecular weight is 407 g/mol. The molecular weight excluding hydrogens is 382 g/mol. The molecule has 1 fully saturated rings. The van der Waals surface area contributed by atoms with E-state index in [-0.39, 0.29) is 24.1 Å². The van der Waals surface area contributed by atoms with Crippen molar-refractivity contribution in [2.45, 2.75) is 32.4 Å². The van der Waals surface area contributed by atoms with Gasteiger partial charge < -0.3 is 14.4 Å². The van der Waals surface area contributed by atoms with Crippen molar-refractivity contribution in [1.29, 1.82) is 0 Å². The van der Waals surface area contributed by atoms with Crippen molar-refractivity contribution in [3.63, 3.8) is 0 Å². The number of hydrogen-bond donors (Lipinski definition) is 0. The maximum Gasteiger partial charge on any atom is 0.261 e. The summed E-state index contributed by atoms with van der Waals surface area (Å²) in [5, 5.41) is 0.526. The number of carbonyl (C=O) groups excluding carboxylic acids is 1. The second kappa shape index (κ2) is 8.18. The third-order valence-corrected chi connectivity index (χ3v) is 5.73. The minimum atomic E-state index is -0.202. The van der Waals surface area contributed by atoms with Gasteiger partial charge in [-0.3, -0.25) is 14.2 Å². The van der Waals surface area contributed by atoms with Crippen molar-refractivity contribution in [3.8, 4) is 11.5 Å². The number of carbonyl (C=O) groups is 1. The van der Waals surface area contributed by atoms with E-state index >= 15 is 0 Å². The lowest BCUT2D eigenvalue weighted by molar-refractivity contribution is -0.132. The normalized spacial score (nSPS) is 16.1. The van der Waals surface area contributed by atoms with E-state index in [0.29, 0.717) is 17.4 Å². The van der Waals surface area contributed by atoms with Gasteiger partial charge >= 0.3 is 0 Å². The van der Waals surface area contributed by atoms with Crippen molar-refractivity contribution in [2.24, 2.45) is 0 Å². The Balaban J connectivity index is 1.63. The second-order valence-corrected chi connectivity index (χ2v) is 7.50. The summed E-state index contributed by atoms with van der Waals surface area (Å²) in [7, 11) is 3.23. The fourth-order valence-electron chi connectivity index (χ4n) is 4.18. The summed E-state index contributed by atoms with van der Waals surface area (Å²) in [4.78, 5) is 32.3. The van der Waals surface area contributed by atoms with Crippen LogP contribution in [0.1, 0.15) is 30.0 Å². The third-order valence-electron chi connectivity index (χ3n) is 5.73. The van der Waals surface area contributed by atoms with Crippen LogP contribution in [0.2, 0.25) is 0 Å². The van der Waals surface area contributed by atoms with Gasteiger partial charge in [0, 0.05) is 12.1 Å². The van der Waals surface area contributed by atoms with Crippen molar-refractivity contribution in [3.05, 3.63) is 64.2 Å². The minimum absolute atomic E-state index is 0.0432. The molecule has 156 valence electrons. The van der Waals surface area contributed by atoms with Gasteiger partial charge in [0.25, 0.3) is 5.56 Å². The topological polar surface area (TPSA) is 73.7 Å². The number of aryl methyl sites for hydroxylation is 1. The lowest BCUT2D eigenvalue weighted by Crippen LogP contribution is -2.36. The van der Waals surface area contributed by atoms with Crippen molar-refractivity contribution < 1.29 is 14.3 Å². The van der Waals surface area contributed by atoms with Gasteiger partial charge in [-0.05, 0) is 49.6 Å². The molecule has 1 saturated heterocycles. The molecule has 0 aliphatic carbocycles. The molecule has 1 atom stereocenters. The lowest BCUT2D eigenvalue weighted by atomic mass is 10.0. The van der Waals surface area contributed by atoms with Gasteiger partial charge in [-0.1, -0.05) is 12.1 Å². The Morgan fingerprint density at radius 3 is 2.80 bits per heavy atom. The zero-order valence-electron chi connectivity index (χ0n) is 17.4. The number of aromatic nitrogens is 2. The average Bonchev–Trinajstić information content (AvgIpc) is 3.25. The summed E-state index contributed by atoms with van der Waals surface area (Å²) in [6.45, 7) is 2.51. The maximum atomic E-state index is 13.2. The number of amides is 1. The zero-order valence-corrected chi connectivity index (χ0v) is 17.4. The van der Waals surface area contributed by atoms with Crippen LogP contribution in [0.3, 0.4) is 0 Å². The van der Waals surface area contributed by atoms with E-state index in [1.807, 2.05) is 42.2 Å². The van der Waals surface area contributed by atoms with E-state index in [4.69, 9.17) is 9.47 Å². The van der Waals surface area contributed by atoms with Gasteiger partial charge in [-0.2, -0.15) is 0 Å². The molecule has 7 heteroatoms. The van der Waals surface area contributed by atoms with Crippen LogP contribution in [0, 0.1) is 6.92 Å². The Bertz CT molecular complexity index is 1150. The number of para-hydroxylation sites is 1. The molecule has 0 bridgehead atoms. The van der Waals surface area contributed by atoms with Crippen LogP contribution < -0.4 is 15.0 Å². The Kier molecular flexibility index (Phi) is 5.44. The SMILES string of the molecule is COc1ccc(OC)c([C@H]2CCCN2C(=O)Cn2cnc3c(C)cccc3c2=O)c1. The van der Waals surface area contributed by atoms with E-state index < -0.39 is 0 Å². The largest absolute Gasteiger partial charge is 0.497 e. The number of ether oxygens (including phenoxy) is 2. The Labute approximate surface area is 174 Å². The van der Waals surface area contributed by atoms with Crippen molar-refractivity contribution >= 4 is 16.8 Å². The Morgan fingerprint density at radius 1 is 1.20 bits per heavy atom. The summed E-state index contributed by atoms with van der Waals surface area (Å²) in [5.41, 5.74) is 2.33. The molecule has 2 aromatic carbocycles. The number of likely N-dealkylation sites (tertiary alicyclic amines) is 1. The molecular formula is C23H25N3O4. The Hall–Kier alpha value is -3.35. The monoisotopic (exact) mass is 407 g/mol. The van der Waals surface area contributed by atoms with E-state index in [1.54, 1.807) is 20.3 Å². The molecule has 7 nitrogen and oxygen atoms in total. The molecule has 0 N–H and O–H groups in total. The molecule has 0 radical (unpaired) electrons. The fourth-order valence-corrected chi connectivity index (χ4v) is 4.18. The van der Waals surface area contributed by atoms with Gasteiger partial charge in [0.2, 0.25) is 5.91 Å². The van der Waals surface area contributed by atoms with Crippen LogP contribution in [-0.2, 0) is 11.3 Å². The summed E-state index contributed by atoms with van der Waals surface area (Å²) in [5.74, 6) is 1.33. The number of hydrogen-bond acceptors (Lipinski definition) is 5. The standard InChI is InChI=1S/C23H25N3O4/c1-15-6-4-7-17-22(15)24-14-25(23(17)28)13-21(27)26-11-5-8-19(26)18-12-16(29-2)9-10-20(18)30-3/h4,6-7,9-10,12,14,19H,5,8,11,13H2,1-3H3/t19-/m1/s1. The summed E-state index contributed by atoms with van der Waals surface area (Å²) in [6, 6.07) is 11.0. The highest BCUT2D eigenvalue weighted by Gasteiger charge is 2.32. The number of fused-ring (bicyclic) bond motifs is 1. The van der Waals surface area contributed by atoms with E-state index in [9.17, 15) is 9.59 Å². The first kappa shape index (κ1) is 19.9. The number of benzene rings is 2. The molecule has 2 heterocycles. The molecule has 1 amide bonds. The highest BCUT2D eigenvalue weighted by atomic mass is 16.5. The first-order valence-corrected chi connectivity index (χ1v) is 9.99. The second-order valence-electron chi connectivity index (χ2n) is 7.50. The summed E-state index contributed by atoms with van der Waals surface area (Å²) >= 11 is 0. The highest BCUT2D eigenvalue weighted by Crippen LogP contribution is 2.39. The van der Waals surface area contributed by atoms with Crippen LogP contribution in [-0.4, -0.2) is 41.1 Å². The third kappa shape index (κ3) is 3.51. The minimum Gasteiger partial charge on any atom is -0.497 e. The van der Waals surface area contributed by atoms with Crippen molar-refractivity contribution in [1.82, 2.24) is 14.5 Å². The summed E-state index contributed by atoms with van der Waals surface area (Å²) in [6.07, 6.45) is 3.19. The van der Waals surface area contributed by atoms with Crippen LogP contribution in [0.5, 0.6) is 11.5 Å². The predicted molar refractivity (Wildman–Crippen MR) is 114 cm³/mol. The van der Waals surface area contributed by atoms with Crippen LogP contribution >= 0.6 is 0 Å². The van der Waals surface area contributed by atoms with Crippen LogP contribution in [0.25, 0.3) is 10.9 Å². The molecule has 3 aromatic rings. The molecule has 1 aliphatic heterocycles. The van der Waals surface area contributed by atoms with E-state index in [2.05, 4.69) is 4.98 Å². The quantitative estimate of drug-likeness (QED) is 0.650. The van der Waals surface area contributed by atoms with E-state index in [1.165, 1.54) is 10.9 Å². The van der Waals surface area contributed by atoms with Crippen LogP contribution in [0.4, 0.5) is 0 Å². The number of nitrogens with zero attached hydrogens (tertiary/aromatic N) is 3. The Morgan fingerprint density at radius 2 is 2.03 bits per heavy atom. The molecule has 30 heavy (non-hydrogen) atoms. The molecule has 4 rings (SSSR count). The van der Waals surface area contributed by atoms with E-state index in [0.717, 1.165) is 35.5 Å². The van der Waals surface area contributed by atoms with Crippen molar-refractivity contribution in [2.75, 3.05) is 20.8 Å². The molecule has 0 unspecified atom stereocenters.